The van der Waals surface area contributed by atoms with E-state index in [0.717, 1.165) is 23.2 Å². The van der Waals surface area contributed by atoms with Crippen LogP contribution in [0, 0.1) is 0 Å². The first-order valence-corrected chi connectivity index (χ1v) is 9.92. The van der Waals surface area contributed by atoms with E-state index in [1.807, 2.05) is 54.6 Å². The third kappa shape index (κ3) is 4.69. The Bertz CT molecular complexity index is 941. The van der Waals surface area contributed by atoms with E-state index in [2.05, 4.69) is 10.3 Å². The van der Waals surface area contributed by atoms with Crippen LogP contribution in [0.25, 0.3) is 0 Å². The number of halogens is 1. The lowest BCUT2D eigenvalue weighted by molar-refractivity contribution is -0.121. The molecule has 29 heavy (non-hydrogen) atoms. The lowest BCUT2D eigenvalue weighted by atomic mass is 10.0. The molecule has 1 aromatic heterocycles. The summed E-state index contributed by atoms with van der Waals surface area (Å²) in [6.07, 6.45) is 2.69. The molecule has 0 aliphatic carbocycles. The Balaban J connectivity index is 1.54. The smallest absolute Gasteiger partial charge is 0.225 e. The van der Waals surface area contributed by atoms with E-state index in [9.17, 15) is 4.79 Å². The van der Waals surface area contributed by atoms with Crippen LogP contribution >= 0.6 is 11.6 Å². The maximum absolute atomic E-state index is 12.9. The number of aromatic nitrogens is 1. The minimum atomic E-state index is -0.333. The molecule has 0 saturated carbocycles. The van der Waals surface area contributed by atoms with Gasteiger partial charge in [-0.1, -0.05) is 48.0 Å². The Kier molecular flexibility index (Phi) is 5.96. The number of benzene rings is 2. The first-order valence-electron chi connectivity index (χ1n) is 9.54. The number of rotatable bonds is 5. The fraction of sp³-hybridized carbons (Fsp3) is 0.217. The van der Waals surface area contributed by atoms with Gasteiger partial charge in [0.05, 0.1) is 36.4 Å². The molecule has 1 aliphatic heterocycles. The molecule has 1 aliphatic rings. The van der Waals surface area contributed by atoms with Crippen molar-refractivity contribution in [1.29, 1.82) is 0 Å². The monoisotopic (exact) mass is 408 g/mol. The molecule has 1 amide bonds. The highest BCUT2D eigenvalue weighted by Gasteiger charge is 2.20. The predicted octanol–water partition coefficient (Wildman–Crippen LogP) is 4.34. The van der Waals surface area contributed by atoms with Gasteiger partial charge >= 0.3 is 0 Å². The lowest BCUT2D eigenvalue weighted by Crippen LogP contribution is -2.31. The number of hydrogen-bond donors (Lipinski definition) is 1. The van der Waals surface area contributed by atoms with E-state index in [-0.39, 0.29) is 18.4 Å². The van der Waals surface area contributed by atoms with Crippen LogP contribution in [0.15, 0.2) is 66.9 Å². The quantitative estimate of drug-likeness (QED) is 0.682. The van der Waals surface area contributed by atoms with Crippen molar-refractivity contribution in [3.05, 3.63) is 88.7 Å². The number of ether oxygens (including phenoxy) is 2. The molecular weight excluding hydrogens is 388 g/mol. The predicted molar refractivity (Wildman–Crippen MR) is 111 cm³/mol. The van der Waals surface area contributed by atoms with Crippen LogP contribution in [0.1, 0.15) is 29.3 Å². The van der Waals surface area contributed by atoms with Gasteiger partial charge in [0.1, 0.15) is 0 Å². The molecule has 148 valence electrons. The minimum absolute atomic E-state index is 0.130. The summed E-state index contributed by atoms with van der Waals surface area (Å²) in [5.74, 6) is 1.00. The van der Waals surface area contributed by atoms with Gasteiger partial charge in [-0.15, -0.1) is 0 Å². The second-order valence-corrected chi connectivity index (χ2v) is 7.21. The minimum Gasteiger partial charge on any atom is -0.489 e. The fourth-order valence-electron chi connectivity index (χ4n) is 3.30. The van der Waals surface area contributed by atoms with Gasteiger partial charge in [0.2, 0.25) is 5.91 Å². The van der Waals surface area contributed by atoms with E-state index in [1.165, 1.54) is 0 Å². The Labute approximate surface area is 174 Å². The molecule has 0 saturated heterocycles. The van der Waals surface area contributed by atoms with E-state index in [4.69, 9.17) is 21.1 Å². The number of pyridine rings is 1. The Morgan fingerprint density at radius 3 is 2.66 bits per heavy atom. The standard InChI is InChI=1S/C23H21ClN2O3/c24-18-13-16(14-20-23(18)29-12-6-11-28-20)15-21(27)26-22(17-7-2-1-3-8-17)19-9-4-5-10-25-19/h1-5,7-10,13-14,22H,6,11-12,15H2,(H,26,27)/t22-/m0/s1. The molecule has 0 bridgehead atoms. The third-order valence-corrected chi connectivity index (χ3v) is 4.93. The van der Waals surface area contributed by atoms with Crippen molar-refractivity contribution >= 4 is 17.5 Å². The SMILES string of the molecule is O=C(Cc1cc(Cl)c2c(c1)OCCCO2)N[C@@H](c1ccccc1)c1ccccn1. The van der Waals surface area contributed by atoms with Gasteiger partial charge < -0.3 is 14.8 Å². The molecular formula is C23H21ClN2O3. The van der Waals surface area contributed by atoms with Crippen LogP contribution in [-0.4, -0.2) is 24.1 Å². The van der Waals surface area contributed by atoms with E-state index in [1.54, 1.807) is 12.3 Å². The summed E-state index contributed by atoms with van der Waals surface area (Å²) in [5, 5.41) is 3.55. The highest BCUT2D eigenvalue weighted by atomic mass is 35.5. The molecule has 0 radical (unpaired) electrons. The Morgan fingerprint density at radius 1 is 1.07 bits per heavy atom. The molecule has 0 fully saturated rings. The highest BCUT2D eigenvalue weighted by Crippen LogP contribution is 2.38. The molecule has 2 heterocycles. The number of fused-ring (bicyclic) bond motifs is 1. The molecule has 4 rings (SSSR count). The average molecular weight is 409 g/mol. The van der Waals surface area contributed by atoms with Crippen LogP contribution in [0.4, 0.5) is 0 Å². The van der Waals surface area contributed by atoms with Gasteiger partial charge in [0, 0.05) is 12.6 Å². The first-order chi connectivity index (χ1) is 14.2. The average Bonchev–Trinajstić information content (AvgIpc) is 2.99. The molecule has 3 aromatic rings. The topological polar surface area (TPSA) is 60.5 Å². The zero-order valence-electron chi connectivity index (χ0n) is 15.8. The van der Waals surface area contributed by atoms with Crippen LogP contribution < -0.4 is 14.8 Å². The lowest BCUT2D eigenvalue weighted by Gasteiger charge is -2.19. The van der Waals surface area contributed by atoms with Crippen LogP contribution in [0.3, 0.4) is 0 Å². The highest BCUT2D eigenvalue weighted by molar-refractivity contribution is 6.32. The number of hydrogen-bond acceptors (Lipinski definition) is 4. The third-order valence-electron chi connectivity index (χ3n) is 4.65. The molecule has 1 N–H and O–H groups in total. The molecule has 0 unspecified atom stereocenters. The van der Waals surface area contributed by atoms with Crippen LogP contribution in [0.5, 0.6) is 11.5 Å². The van der Waals surface area contributed by atoms with Crippen molar-refractivity contribution in [2.24, 2.45) is 0 Å². The van der Waals surface area contributed by atoms with Gasteiger partial charge in [-0.3, -0.25) is 9.78 Å². The van der Waals surface area contributed by atoms with Crippen molar-refractivity contribution in [2.45, 2.75) is 18.9 Å². The van der Waals surface area contributed by atoms with Crippen LogP contribution in [0.2, 0.25) is 5.02 Å². The Hall–Kier alpha value is -3.05. The number of nitrogens with one attached hydrogen (secondary N) is 1. The maximum Gasteiger partial charge on any atom is 0.225 e. The number of nitrogens with zero attached hydrogens (tertiary/aromatic N) is 1. The molecule has 2 aromatic carbocycles. The summed E-state index contributed by atoms with van der Waals surface area (Å²) in [4.78, 5) is 17.3. The van der Waals surface area contributed by atoms with Gasteiger partial charge in [0.15, 0.2) is 11.5 Å². The number of carbonyl (C=O) groups is 1. The Morgan fingerprint density at radius 2 is 1.86 bits per heavy atom. The summed E-state index contributed by atoms with van der Waals surface area (Å²) in [6.45, 7) is 1.13. The second-order valence-electron chi connectivity index (χ2n) is 6.80. The zero-order chi connectivity index (χ0) is 20.1. The number of amides is 1. The van der Waals surface area contributed by atoms with Crippen molar-refractivity contribution in [2.75, 3.05) is 13.2 Å². The summed E-state index contributed by atoms with van der Waals surface area (Å²) in [5.41, 5.74) is 2.52. The van der Waals surface area contributed by atoms with Crippen molar-refractivity contribution in [1.82, 2.24) is 10.3 Å². The molecule has 5 nitrogen and oxygen atoms in total. The van der Waals surface area contributed by atoms with Crippen molar-refractivity contribution in [3.63, 3.8) is 0 Å². The van der Waals surface area contributed by atoms with Crippen molar-refractivity contribution < 1.29 is 14.3 Å². The molecule has 1 atom stereocenters. The van der Waals surface area contributed by atoms with Gasteiger partial charge in [-0.25, -0.2) is 0 Å². The first kappa shape index (κ1) is 19.3. The van der Waals surface area contributed by atoms with Crippen LogP contribution in [-0.2, 0) is 11.2 Å². The van der Waals surface area contributed by atoms with Gasteiger partial charge in [-0.2, -0.15) is 0 Å². The van der Waals surface area contributed by atoms with Gasteiger partial charge in [0.25, 0.3) is 0 Å². The normalized spacial score (nSPS) is 14.0. The van der Waals surface area contributed by atoms with E-state index in [0.29, 0.717) is 29.7 Å². The van der Waals surface area contributed by atoms with Crippen molar-refractivity contribution in [3.8, 4) is 11.5 Å². The maximum atomic E-state index is 12.9. The summed E-state index contributed by atoms with van der Waals surface area (Å²) >= 11 is 6.35. The molecule has 0 spiro atoms. The van der Waals surface area contributed by atoms with E-state index >= 15 is 0 Å². The summed E-state index contributed by atoms with van der Waals surface area (Å²) < 4.78 is 11.4. The zero-order valence-corrected chi connectivity index (χ0v) is 16.6. The largest absolute Gasteiger partial charge is 0.489 e. The second kappa shape index (κ2) is 8.97. The number of carbonyl (C=O) groups excluding carboxylic acids is 1. The summed E-state index contributed by atoms with van der Waals surface area (Å²) in [7, 11) is 0. The summed E-state index contributed by atoms with van der Waals surface area (Å²) in [6, 6.07) is 18.7. The van der Waals surface area contributed by atoms with Gasteiger partial charge in [-0.05, 0) is 35.4 Å². The fourth-order valence-corrected chi connectivity index (χ4v) is 3.59. The van der Waals surface area contributed by atoms with E-state index < -0.39 is 0 Å². The molecule has 6 heteroatoms.